The van der Waals surface area contributed by atoms with E-state index in [0.29, 0.717) is 13.0 Å². The Balaban J connectivity index is 2.36. The lowest BCUT2D eigenvalue weighted by molar-refractivity contribution is -0.142. The SMILES string of the molecule is CCCCCc1ccc(CC(=O)OCC)[nH]1. The van der Waals surface area contributed by atoms with E-state index in [4.69, 9.17) is 4.74 Å². The van der Waals surface area contributed by atoms with Gasteiger partial charge in [-0.2, -0.15) is 0 Å². The number of aromatic nitrogens is 1. The van der Waals surface area contributed by atoms with Gasteiger partial charge < -0.3 is 9.72 Å². The summed E-state index contributed by atoms with van der Waals surface area (Å²) in [6, 6.07) is 4.03. The lowest BCUT2D eigenvalue weighted by Crippen LogP contribution is -2.07. The zero-order valence-electron chi connectivity index (χ0n) is 10.2. The van der Waals surface area contributed by atoms with Crippen LogP contribution in [0.4, 0.5) is 0 Å². The standard InChI is InChI=1S/C13H21NO2/c1-3-5-6-7-11-8-9-12(14-11)10-13(15)16-4-2/h8-9,14H,3-7,10H2,1-2H3. The molecule has 0 spiro atoms. The van der Waals surface area contributed by atoms with Gasteiger partial charge in [-0.1, -0.05) is 19.8 Å². The number of ether oxygens (including phenoxy) is 1. The average Bonchev–Trinajstić information content (AvgIpc) is 2.66. The Labute approximate surface area is 97.2 Å². The Morgan fingerprint density at radius 2 is 2.00 bits per heavy atom. The van der Waals surface area contributed by atoms with Crippen LogP contribution in [0.2, 0.25) is 0 Å². The molecule has 0 radical (unpaired) electrons. The normalized spacial score (nSPS) is 10.4. The highest BCUT2D eigenvalue weighted by Gasteiger charge is 2.05. The summed E-state index contributed by atoms with van der Waals surface area (Å²) in [7, 11) is 0. The highest BCUT2D eigenvalue weighted by Crippen LogP contribution is 2.08. The summed E-state index contributed by atoms with van der Waals surface area (Å²) in [5.74, 6) is -0.163. The average molecular weight is 223 g/mol. The Kier molecular flexibility index (Phi) is 5.68. The monoisotopic (exact) mass is 223 g/mol. The Morgan fingerprint density at radius 1 is 1.25 bits per heavy atom. The fraction of sp³-hybridized carbons (Fsp3) is 0.615. The highest BCUT2D eigenvalue weighted by molar-refractivity contribution is 5.71. The number of esters is 1. The molecule has 0 aliphatic heterocycles. The molecule has 16 heavy (non-hydrogen) atoms. The zero-order chi connectivity index (χ0) is 11.8. The molecule has 0 saturated carbocycles. The van der Waals surface area contributed by atoms with Gasteiger partial charge >= 0.3 is 5.97 Å². The van der Waals surface area contributed by atoms with Gasteiger partial charge in [0.15, 0.2) is 0 Å². The third-order valence-corrected chi connectivity index (χ3v) is 2.50. The van der Waals surface area contributed by atoms with E-state index < -0.39 is 0 Å². The summed E-state index contributed by atoms with van der Waals surface area (Å²) in [5.41, 5.74) is 2.16. The molecule has 1 N–H and O–H groups in total. The molecule has 3 nitrogen and oxygen atoms in total. The van der Waals surface area contributed by atoms with Crippen LogP contribution in [0.15, 0.2) is 12.1 Å². The molecule has 1 aromatic rings. The van der Waals surface area contributed by atoms with E-state index in [9.17, 15) is 4.79 Å². The van der Waals surface area contributed by atoms with Gasteiger partial charge in [0.05, 0.1) is 13.0 Å². The first kappa shape index (κ1) is 12.8. The molecule has 0 aliphatic carbocycles. The van der Waals surface area contributed by atoms with Crippen LogP contribution in [-0.2, 0) is 22.4 Å². The molecule has 0 aromatic carbocycles. The minimum Gasteiger partial charge on any atom is -0.466 e. The van der Waals surface area contributed by atoms with E-state index in [1.54, 1.807) is 0 Å². The van der Waals surface area contributed by atoms with E-state index in [0.717, 1.165) is 12.1 Å². The van der Waals surface area contributed by atoms with Crippen LogP contribution in [0, 0.1) is 0 Å². The first-order valence-corrected chi connectivity index (χ1v) is 6.08. The molecule has 1 aromatic heterocycles. The zero-order valence-corrected chi connectivity index (χ0v) is 10.2. The Bertz CT molecular complexity index is 317. The summed E-state index contributed by atoms with van der Waals surface area (Å²) in [4.78, 5) is 14.5. The number of nitrogens with one attached hydrogen (secondary N) is 1. The minimum absolute atomic E-state index is 0.163. The van der Waals surface area contributed by atoms with Gasteiger partial charge in [0.25, 0.3) is 0 Å². The van der Waals surface area contributed by atoms with Gasteiger partial charge in [0.2, 0.25) is 0 Å². The minimum atomic E-state index is -0.163. The van der Waals surface area contributed by atoms with Gasteiger partial charge in [0, 0.05) is 11.4 Å². The van der Waals surface area contributed by atoms with E-state index in [1.807, 2.05) is 13.0 Å². The maximum absolute atomic E-state index is 11.2. The van der Waals surface area contributed by atoms with Crippen molar-refractivity contribution in [2.24, 2.45) is 0 Å². The van der Waals surface area contributed by atoms with Crippen LogP contribution >= 0.6 is 0 Å². The van der Waals surface area contributed by atoms with Crippen molar-refractivity contribution in [3.8, 4) is 0 Å². The molecular weight excluding hydrogens is 202 g/mol. The smallest absolute Gasteiger partial charge is 0.311 e. The highest BCUT2D eigenvalue weighted by atomic mass is 16.5. The number of H-pyrrole nitrogens is 1. The van der Waals surface area contributed by atoms with E-state index in [2.05, 4.69) is 18.0 Å². The summed E-state index contributed by atoms with van der Waals surface area (Å²) < 4.78 is 4.89. The largest absolute Gasteiger partial charge is 0.466 e. The quantitative estimate of drug-likeness (QED) is 0.570. The molecule has 0 amide bonds. The van der Waals surface area contributed by atoms with Crippen molar-refractivity contribution in [1.29, 1.82) is 0 Å². The molecule has 3 heteroatoms. The number of hydrogen-bond acceptors (Lipinski definition) is 2. The maximum atomic E-state index is 11.2. The van der Waals surface area contributed by atoms with Crippen LogP contribution in [0.25, 0.3) is 0 Å². The molecular formula is C13H21NO2. The summed E-state index contributed by atoms with van der Waals surface area (Å²) >= 11 is 0. The molecule has 1 rings (SSSR count). The number of rotatable bonds is 7. The van der Waals surface area contributed by atoms with E-state index in [1.165, 1.54) is 25.0 Å². The topological polar surface area (TPSA) is 42.1 Å². The molecule has 0 fully saturated rings. The summed E-state index contributed by atoms with van der Waals surface area (Å²) in [6.45, 7) is 4.46. The predicted molar refractivity (Wildman–Crippen MR) is 64.4 cm³/mol. The second-order valence-corrected chi connectivity index (χ2v) is 3.95. The van der Waals surface area contributed by atoms with Crippen molar-refractivity contribution < 1.29 is 9.53 Å². The van der Waals surface area contributed by atoms with Gasteiger partial charge in [-0.05, 0) is 31.9 Å². The molecule has 1 heterocycles. The first-order chi connectivity index (χ1) is 7.76. The lowest BCUT2D eigenvalue weighted by Gasteiger charge is -2.00. The van der Waals surface area contributed by atoms with Gasteiger partial charge in [-0.15, -0.1) is 0 Å². The van der Waals surface area contributed by atoms with Crippen molar-refractivity contribution in [3.63, 3.8) is 0 Å². The summed E-state index contributed by atoms with van der Waals surface area (Å²) in [5, 5.41) is 0. The maximum Gasteiger partial charge on any atom is 0.311 e. The number of carbonyl (C=O) groups excluding carboxylic acids is 1. The molecule has 0 atom stereocenters. The van der Waals surface area contributed by atoms with Crippen molar-refractivity contribution in [3.05, 3.63) is 23.5 Å². The second kappa shape index (κ2) is 7.09. The fourth-order valence-corrected chi connectivity index (χ4v) is 1.67. The first-order valence-electron chi connectivity index (χ1n) is 6.08. The second-order valence-electron chi connectivity index (χ2n) is 3.95. The third kappa shape index (κ3) is 4.51. The van der Waals surface area contributed by atoms with Crippen molar-refractivity contribution >= 4 is 5.97 Å². The van der Waals surface area contributed by atoms with Crippen LogP contribution < -0.4 is 0 Å². The van der Waals surface area contributed by atoms with Crippen LogP contribution in [-0.4, -0.2) is 17.6 Å². The molecule has 0 unspecified atom stereocenters. The van der Waals surface area contributed by atoms with Crippen LogP contribution in [0.5, 0.6) is 0 Å². The fourth-order valence-electron chi connectivity index (χ4n) is 1.67. The van der Waals surface area contributed by atoms with Crippen LogP contribution in [0.1, 0.15) is 44.5 Å². The third-order valence-electron chi connectivity index (χ3n) is 2.50. The van der Waals surface area contributed by atoms with Crippen molar-refractivity contribution in [2.45, 2.75) is 46.0 Å². The van der Waals surface area contributed by atoms with Gasteiger partial charge in [0.1, 0.15) is 0 Å². The van der Waals surface area contributed by atoms with Crippen molar-refractivity contribution in [1.82, 2.24) is 4.98 Å². The van der Waals surface area contributed by atoms with Crippen LogP contribution in [0.3, 0.4) is 0 Å². The lowest BCUT2D eigenvalue weighted by atomic mass is 10.2. The van der Waals surface area contributed by atoms with Crippen molar-refractivity contribution in [2.75, 3.05) is 6.61 Å². The summed E-state index contributed by atoms with van der Waals surface area (Å²) in [6.07, 6.45) is 5.11. The van der Waals surface area contributed by atoms with E-state index >= 15 is 0 Å². The Morgan fingerprint density at radius 3 is 2.69 bits per heavy atom. The molecule has 90 valence electrons. The number of aryl methyl sites for hydroxylation is 1. The Hall–Kier alpha value is -1.25. The number of unbranched alkanes of at least 4 members (excludes halogenated alkanes) is 2. The van der Waals surface area contributed by atoms with E-state index in [-0.39, 0.29) is 5.97 Å². The van der Waals surface area contributed by atoms with Gasteiger partial charge in [-0.3, -0.25) is 4.79 Å². The molecule has 0 saturated heterocycles. The van der Waals surface area contributed by atoms with Gasteiger partial charge in [-0.25, -0.2) is 0 Å². The molecule has 0 aliphatic rings. The molecule has 0 bridgehead atoms. The number of hydrogen-bond donors (Lipinski definition) is 1. The number of carbonyl (C=O) groups is 1. The number of aromatic amines is 1. The predicted octanol–water partition coefficient (Wildman–Crippen LogP) is 2.85.